The smallest absolute Gasteiger partial charge is 0.416 e. The second-order valence-corrected chi connectivity index (χ2v) is 10.3. The molecule has 3 atom stereocenters. The number of aliphatic imine (C=N–C) groups is 1. The number of carbonyl (C=O) groups excluding carboxylic acids is 2. The number of halogens is 6. The van der Waals surface area contributed by atoms with Gasteiger partial charge in [0.05, 0.1) is 54.8 Å². The fourth-order valence-corrected chi connectivity index (χ4v) is 5.25. The molecular weight excluding hydrogens is 556 g/mol. The minimum Gasteiger partial charge on any atom is -0.469 e. The van der Waals surface area contributed by atoms with Gasteiger partial charge in [0.15, 0.2) is 0 Å². The molecule has 4 rings (SSSR count). The molecule has 7 nitrogen and oxygen atoms in total. The van der Waals surface area contributed by atoms with Gasteiger partial charge >= 0.3 is 18.3 Å². The highest BCUT2D eigenvalue weighted by Gasteiger charge is 2.50. The van der Waals surface area contributed by atoms with Crippen molar-refractivity contribution in [3.63, 3.8) is 0 Å². The first-order chi connectivity index (χ1) is 19.2. The van der Waals surface area contributed by atoms with Gasteiger partial charge in [0.2, 0.25) is 5.91 Å². The number of hydrogen-bond acceptors (Lipinski definition) is 6. The number of amides is 1. The fraction of sp³-hybridized carbons (Fsp3) is 0.464. The van der Waals surface area contributed by atoms with E-state index < -0.39 is 46.6 Å². The van der Waals surface area contributed by atoms with Crippen LogP contribution >= 0.6 is 0 Å². The van der Waals surface area contributed by atoms with Crippen molar-refractivity contribution in [3.8, 4) is 0 Å². The van der Waals surface area contributed by atoms with Crippen LogP contribution in [-0.2, 0) is 37.0 Å². The van der Waals surface area contributed by atoms with Gasteiger partial charge in [-0.2, -0.15) is 26.3 Å². The summed E-state index contributed by atoms with van der Waals surface area (Å²) in [5.41, 5.74) is -4.27. The molecule has 0 saturated carbocycles. The van der Waals surface area contributed by atoms with Crippen LogP contribution < -0.4 is 5.32 Å². The van der Waals surface area contributed by atoms with E-state index in [4.69, 9.17) is 9.47 Å². The maximum atomic E-state index is 13.4. The summed E-state index contributed by atoms with van der Waals surface area (Å²) in [6.07, 6.45) is -9.19. The zero-order valence-corrected chi connectivity index (χ0v) is 22.3. The zero-order valence-electron chi connectivity index (χ0n) is 22.3. The molecule has 41 heavy (non-hydrogen) atoms. The second-order valence-electron chi connectivity index (χ2n) is 10.3. The highest BCUT2D eigenvalue weighted by atomic mass is 19.4. The van der Waals surface area contributed by atoms with Crippen LogP contribution in [0.5, 0.6) is 0 Å². The molecule has 0 aliphatic carbocycles. The van der Waals surface area contributed by atoms with Crippen molar-refractivity contribution >= 4 is 18.2 Å². The van der Waals surface area contributed by atoms with Crippen molar-refractivity contribution in [2.45, 2.75) is 55.7 Å². The number of nitrogens with zero attached hydrogens (tertiary/aromatic N) is 2. The number of carbonyl (C=O) groups is 2. The maximum Gasteiger partial charge on any atom is 0.416 e. The normalized spacial score (nSPS) is 24.0. The van der Waals surface area contributed by atoms with Gasteiger partial charge in [0.25, 0.3) is 0 Å². The van der Waals surface area contributed by atoms with E-state index in [-0.39, 0.29) is 43.7 Å². The Kier molecular flexibility index (Phi) is 8.51. The molecule has 222 valence electrons. The first kappa shape index (κ1) is 30.5. The first-order valence-electron chi connectivity index (χ1n) is 12.8. The van der Waals surface area contributed by atoms with Crippen LogP contribution in [0.1, 0.15) is 54.5 Å². The van der Waals surface area contributed by atoms with Crippen molar-refractivity contribution in [2.24, 2.45) is 4.99 Å². The number of piperidine rings is 1. The van der Waals surface area contributed by atoms with Gasteiger partial charge in [-0.25, -0.2) is 0 Å². The van der Waals surface area contributed by atoms with Crippen LogP contribution in [0.3, 0.4) is 0 Å². The molecule has 2 aromatic rings. The molecule has 0 bridgehead atoms. The number of ether oxygens (including phenoxy) is 2. The average Bonchev–Trinajstić information content (AvgIpc) is 3.38. The summed E-state index contributed by atoms with van der Waals surface area (Å²) in [6.45, 7) is 1.34. The van der Waals surface area contributed by atoms with Gasteiger partial charge in [-0.15, -0.1) is 0 Å². The molecule has 2 heterocycles. The molecule has 2 aliphatic rings. The van der Waals surface area contributed by atoms with Crippen LogP contribution in [0.15, 0.2) is 53.5 Å². The van der Waals surface area contributed by atoms with E-state index in [1.165, 1.54) is 25.3 Å². The third-order valence-electron chi connectivity index (χ3n) is 7.66. The Labute approximate surface area is 232 Å². The monoisotopic (exact) mass is 585 g/mol. The summed E-state index contributed by atoms with van der Waals surface area (Å²) < 4.78 is 91.3. The number of rotatable bonds is 8. The van der Waals surface area contributed by atoms with Crippen LogP contribution in [-0.4, -0.2) is 55.5 Å². The van der Waals surface area contributed by atoms with Gasteiger partial charge in [-0.3, -0.25) is 19.5 Å². The molecule has 2 aliphatic heterocycles. The van der Waals surface area contributed by atoms with E-state index in [1.807, 2.05) is 12.1 Å². The van der Waals surface area contributed by atoms with Gasteiger partial charge in [0.1, 0.15) is 6.54 Å². The Morgan fingerprint density at radius 3 is 2.17 bits per heavy atom. The Balaban J connectivity index is 1.62. The molecule has 0 aromatic heterocycles. The summed E-state index contributed by atoms with van der Waals surface area (Å²) in [4.78, 5) is 30.4. The largest absolute Gasteiger partial charge is 0.469 e. The van der Waals surface area contributed by atoms with Crippen LogP contribution in [0, 0.1) is 0 Å². The SMILES string of the molecule is COC(=O)C[C@]1(N2C=NCC2=O)CC[C@@](CO[C@H](C)c2cc(C(F)(F)F)cc(C(F)(F)F)c2)(c2ccccc2)NC1. The zero-order chi connectivity index (χ0) is 30.1. The Morgan fingerprint density at radius 2 is 1.68 bits per heavy atom. The lowest BCUT2D eigenvalue weighted by Gasteiger charge is -2.50. The number of hydrogen-bond donors (Lipinski definition) is 1. The third-order valence-corrected chi connectivity index (χ3v) is 7.66. The molecule has 13 heteroatoms. The van der Waals surface area contributed by atoms with Crippen molar-refractivity contribution in [2.75, 3.05) is 26.8 Å². The van der Waals surface area contributed by atoms with Crippen LogP contribution in [0.4, 0.5) is 26.3 Å². The number of methoxy groups -OCH3 is 1. The average molecular weight is 586 g/mol. The minimum atomic E-state index is -4.98. The predicted octanol–water partition coefficient (Wildman–Crippen LogP) is 5.25. The van der Waals surface area contributed by atoms with E-state index in [9.17, 15) is 35.9 Å². The topological polar surface area (TPSA) is 80.2 Å². The van der Waals surface area contributed by atoms with Crippen molar-refractivity contribution < 1.29 is 45.4 Å². The molecule has 0 radical (unpaired) electrons. The molecule has 1 fully saturated rings. The highest BCUT2D eigenvalue weighted by molar-refractivity contribution is 5.95. The van der Waals surface area contributed by atoms with Gasteiger partial charge in [0, 0.05) is 6.54 Å². The van der Waals surface area contributed by atoms with Gasteiger partial charge in [-0.1, -0.05) is 30.3 Å². The Bertz CT molecular complexity index is 1260. The molecule has 1 saturated heterocycles. The van der Waals surface area contributed by atoms with Crippen molar-refractivity contribution in [3.05, 3.63) is 70.8 Å². The van der Waals surface area contributed by atoms with E-state index in [2.05, 4.69) is 10.3 Å². The molecular formula is C28H29F6N3O4. The van der Waals surface area contributed by atoms with Gasteiger partial charge < -0.3 is 14.8 Å². The quantitative estimate of drug-likeness (QED) is 0.338. The van der Waals surface area contributed by atoms with E-state index >= 15 is 0 Å². The lowest BCUT2D eigenvalue weighted by Crippen LogP contribution is -2.65. The fourth-order valence-electron chi connectivity index (χ4n) is 5.25. The summed E-state index contributed by atoms with van der Waals surface area (Å²) in [5, 5.41) is 3.40. The molecule has 1 N–H and O–H groups in total. The van der Waals surface area contributed by atoms with Gasteiger partial charge in [-0.05, 0) is 49.1 Å². The third kappa shape index (κ3) is 6.56. The number of nitrogens with one attached hydrogen (secondary N) is 1. The summed E-state index contributed by atoms with van der Waals surface area (Å²) in [6, 6.07) is 10.4. The standard InChI is InChI=1S/C28H29F6N3O4/c1-18(19-10-21(27(29,30)31)12-22(11-19)28(32,33)34)41-16-26(20-6-4-3-5-7-20)9-8-25(15-36-26,13-24(39)40-2)37-17-35-14-23(37)38/h3-7,10-12,17-18,36H,8-9,13-16H2,1-2H3/t18-,25-,26-/m1/s1. The minimum absolute atomic E-state index is 0.0513. The van der Waals surface area contributed by atoms with Crippen molar-refractivity contribution in [1.29, 1.82) is 0 Å². The maximum absolute atomic E-state index is 13.4. The van der Waals surface area contributed by atoms with E-state index in [0.717, 1.165) is 5.56 Å². The summed E-state index contributed by atoms with van der Waals surface area (Å²) in [5.74, 6) is -0.806. The van der Waals surface area contributed by atoms with Crippen molar-refractivity contribution in [1.82, 2.24) is 10.2 Å². The molecule has 2 aromatic carbocycles. The Hall–Kier alpha value is -3.45. The summed E-state index contributed by atoms with van der Waals surface area (Å²) in [7, 11) is 1.24. The van der Waals surface area contributed by atoms with E-state index in [1.54, 1.807) is 18.2 Å². The predicted molar refractivity (Wildman–Crippen MR) is 136 cm³/mol. The highest BCUT2D eigenvalue weighted by Crippen LogP contribution is 2.41. The molecule has 1 amide bonds. The lowest BCUT2D eigenvalue weighted by atomic mass is 9.74. The second kappa shape index (κ2) is 11.4. The number of alkyl halides is 6. The van der Waals surface area contributed by atoms with Crippen LogP contribution in [0.2, 0.25) is 0 Å². The molecule has 0 unspecified atom stereocenters. The first-order valence-corrected chi connectivity index (χ1v) is 12.8. The number of benzene rings is 2. The summed E-state index contributed by atoms with van der Waals surface area (Å²) >= 11 is 0. The Morgan fingerprint density at radius 1 is 1.05 bits per heavy atom. The number of esters is 1. The molecule has 0 spiro atoms. The van der Waals surface area contributed by atoms with E-state index in [0.29, 0.717) is 25.0 Å². The van der Waals surface area contributed by atoms with Crippen LogP contribution in [0.25, 0.3) is 0 Å². The lowest BCUT2D eigenvalue weighted by molar-refractivity contribution is -0.146.